The summed E-state index contributed by atoms with van der Waals surface area (Å²) in [6, 6.07) is 13.4. The molecule has 3 rings (SSSR count). The molecule has 0 atom stereocenters. The molecule has 1 amide bonds. The van der Waals surface area contributed by atoms with Crippen LogP contribution in [0.25, 0.3) is 0 Å². The normalized spacial score (nSPS) is 12.8. The fourth-order valence-electron chi connectivity index (χ4n) is 2.33. The molecule has 0 radical (unpaired) electrons. The maximum Gasteiger partial charge on any atom is 0.228 e. The molecule has 1 N–H and O–H groups in total. The van der Waals surface area contributed by atoms with Crippen LogP contribution in [0, 0.1) is 0 Å². The Bertz CT molecular complexity index is 687. The number of nitrogens with one attached hydrogen (secondary N) is 1. The first-order valence-electron chi connectivity index (χ1n) is 7.07. The predicted octanol–water partition coefficient (Wildman–Crippen LogP) is 3.36. The molecule has 0 bridgehead atoms. The Labute approximate surface area is 133 Å². The van der Waals surface area contributed by atoms with Gasteiger partial charge in [0.2, 0.25) is 5.91 Å². The smallest absolute Gasteiger partial charge is 0.228 e. The molecule has 2 aromatic rings. The maximum atomic E-state index is 12.2. The zero-order chi connectivity index (χ0) is 15.4. The van der Waals surface area contributed by atoms with Crippen molar-refractivity contribution >= 4 is 23.4 Å². The van der Waals surface area contributed by atoms with Crippen molar-refractivity contribution in [3.8, 4) is 11.5 Å². The van der Waals surface area contributed by atoms with E-state index in [0.29, 0.717) is 25.4 Å². The van der Waals surface area contributed by atoms with Crippen molar-refractivity contribution in [3.63, 3.8) is 0 Å². The number of rotatable bonds is 4. The maximum absolute atomic E-state index is 12.2. The molecule has 4 nitrogen and oxygen atoms in total. The summed E-state index contributed by atoms with van der Waals surface area (Å²) in [5, 5.41) is 2.96. The van der Waals surface area contributed by atoms with Gasteiger partial charge in [0.1, 0.15) is 13.2 Å². The van der Waals surface area contributed by atoms with Crippen LogP contribution in [0.3, 0.4) is 0 Å². The minimum absolute atomic E-state index is 0.0434. The summed E-state index contributed by atoms with van der Waals surface area (Å²) < 4.78 is 11.0. The monoisotopic (exact) mass is 315 g/mol. The molecule has 0 aliphatic carbocycles. The highest BCUT2D eigenvalue weighted by molar-refractivity contribution is 7.98. The molecule has 0 spiro atoms. The van der Waals surface area contributed by atoms with Gasteiger partial charge in [-0.3, -0.25) is 4.79 Å². The SMILES string of the molecule is CSc1ccccc1NC(=O)Cc1ccc2c(c1)OCCO2. The van der Waals surface area contributed by atoms with Gasteiger partial charge in [0.15, 0.2) is 11.5 Å². The van der Waals surface area contributed by atoms with E-state index in [1.165, 1.54) is 0 Å². The topological polar surface area (TPSA) is 47.6 Å². The summed E-state index contributed by atoms with van der Waals surface area (Å²) in [4.78, 5) is 13.3. The van der Waals surface area contributed by atoms with Gasteiger partial charge < -0.3 is 14.8 Å². The van der Waals surface area contributed by atoms with E-state index >= 15 is 0 Å². The Morgan fingerprint density at radius 2 is 1.91 bits per heavy atom. The van der Waals surface area contributed by atoms with E-state index < -0.39 is 0 Å². The number of hydrogen-bond acceptors (Lipinski definition) is 4. The quantitative estimate of drug-likeness (QED) is 0.879. The van der Waals surface area contributed by atoms with Gasteiger partial charge in [-0.25, -0.2) is 0 Å². The molecule has 0 fully saturated rings. The van der Waals surface area contributed by atoms with Gasteiger partial charge >= 0.3 is 0 Å². The lowest BCUT2D eigenvalue weighted by atomic mass is 10.1. The number of amides is 1. The summed E-state index contributed by atoms with van der Waals surface area (Å²) in [5.41, 5.74) is 1.75. The average molecular weight is 315 g/mol. The van der Waals surface area contributed by atoms with Crippen molar-refractivity contribution in [1.82, 2.24) is 0 Å². The number of benzene rings is 2. The molecule has 1 aliphatic rings. The van der Waals surface area contributed by atoms with E-state index in [9.17, 15) is 4.79 Å². The number of hydrogen-bond donors (Lipinski definition) is 1. The lowest BCUT2D eigenvalue weighted by Gasteiger charge is -2.18. The zero-order valence-electron chi connectivity index (χ0n) is 12.3. The van der Waals surface area contributed by atoms with Crippen LogP contribution in [0.2, 0.25) is 0 Å². The highest BCUT2D eigenvalue weighted by atomic mass is 32.2. The summed E-state index contributed by atoms with van der Waals surface area (Å²) in [7, 11) is 0. The first-order chi connectivity index (χ1) is 10.8. The van der Waals surface area contributed by atoms with Crippen molar-refractivity contribution < 1.29 is 14.3 Å². The molecule has 0 saturated heterocycles. The second-order valence-corrected chi connectivity index (χ2v) is 5.75. The number of anilines is 1. The molecule has 0 aromatic heterocycles. The molecule has 0 saturated carbocycles. The first-order valence-corrected chi connectivity index (χ1v) is 8.30. The van der Waals surface area contributed by atoms with Gasteiger partial charge in [-0.2, -0.15) is 0 Å². The molecule has 0 unspecified atom stereocenters. The van der Waals surface area contributed by atoms with E-state index in [4.69, 9.17) is 9.47 Å². The van der Waals surface area contributed by atoms with Crippen LogP contribution in [0.5, 0.6) is 11.5 Å². The minimum atomic E-state index is -0.0434. The molecular formula is C17H17NO3S. The Morgan fingerprint density at radius 3 is 2.73 bits per heavy atom. The van der Waals surface area contributed by atoms with Crippen molar-refractivity contribution in [2.75, 3.05) is 24.8 Å². The predicted molar refractivity (Wildman–Crippen MR) is 88.0 cm³/mol. The number of fused-ring (bicyclic) bond motifs is 1. The van der Waals surface area contributed by atoms with E-state index in [-0.39, 0.29) is 5.91 Å². The second-order valence-electron chi connectivity index (χ2n) is 4.90. The number of carbonyl (C=O) groups is 1. The third kappa shape index (κ3) is 3.36. The van der Waals surface area contributed by atoms with E-state index in [1.807, 2.05) is 48.7 Å². The Kier molecular flexibility index (Phi) is 4.53. The number of para-hydroxylation sites is 1. The minimum Gasteiger partial charge on any atom is -0.486 e. The number of thioether (sulfide) groups is 1. The summed E-state index contributed by atoms with van der Waals surface area (Å²) in [6.45, 7) is 1.11. The van der Waals surface area contributed by atoms with Gasteiger partial charge in [-0.15, -0.1) is 11.8 Å². The van der Waals surface area contributed by atoms with E-state index in [0.717, 1.165) is 21.9 Å². The third-order valence-electron chi connectivity index (χ3n) is 3.35. The van der Waals surface area contributed by atoms with Crippen LogP contribution < -0.4 is 14.8 Å². The summed E-state index contributed by atoms with van der Waals surface area (Å²) >= 11 is 1.61. The molecule has 114 valence electrons. The lowest BCUT2D eigenvalue weighted by molar-refractivity contribution is -0.115. The first kappa shape index (κ1) is 14.8. The Balaban J connectivity index is 1.69. The third-order valence-corrected chi connectivity index (χ3v) is 4.15. The Morgan fingerprint density at radius 1 is 1.14 bits per heavy atom. The van der Waals surface area contributed by atoms with Crippen LogP contribution in [-0.2, 0) is 11.2 Å². The standard InChI is InChI=1S/C17H17NO3S/c1-22-16-5-3-2-4-13(16)18-17(19)11-12-6-7-14-15(10-12)21-9-8-20-14/h2-7,10H,8-9,11H2,1H3,(H,18,19). The fourth-order valence-corrected chi connectivity index (χ4v) is 2.88. The molecule has 22 heavy (non-hydrogen) atoms. The van der Waals surface area contributed by atoms with Crippen molar-refractivity contribution in [1.29, 1.82) is 0 Å². The van der Waals surface area contributed by atoms with Crippen LogP contribution in [-0.4, -0.2) is 25.4 Å². The molecular weight excluding hydrogens is 298 g/mol. The molecule has 2 aromatic carbocycles. The van der Waals surface area contributed by atoms with E-state index in [2.05, 4.69) is 5.32 Å². The van der Waals surface area contributed by atoms with Crippen LogP contribution in [0.4, 0.5) is 5.69 Å². The Hall–Kier alpha value is -2.14. The van der Waals surface area contributed by atoms with Crippen LogP contribution >= 0.6 is 11.8 Å². The molecule has 1 aliphatic heterocycles. The van der Waals surface area contributed by atoms with Gasteiger partial charge in [0, 0.05) is 4.90 Å². The molecule has 5 heteroatoms. The number of ether oxygens (including phenoxy) is 2. The number of carbonyl (C=O) groups excluding carboxylic acids is 1. The van der Waals surface area contributed by atoms with Crippen LogP contribution in [0.1, 0.15) is 5.56 Å². The van der Waals surface area contributed by atoms with Crippen LogP contribution in [0.15, 0.2) is 47.4 Å². The van der Waals surface area contributed by atoms with Crippen molar-refractivity contribution in [2.24, 2.45) is 0 Å². The summed E-state index contributed by atoms with van der Waals surface area (Å²) in [6.07, 6.45) is 2.30. The van der Waals surface area contributed by atoms with Crippen molar-refractivity contribution in [2.45, 2.75) is 11.3 Å². The van der Waals surface area contributed by atoms with Gasteiger partial charge in [-0.1, -0.05) is 18.2 Å². The van der Waals surface area contributed by atoms with Gasteiger partial charge in [-0.05, 0) is 36.1 Å². The lowest BCUT2D eigenvalue weighted by Crippen LogP contribution is -2.17. The van der Waals surface area contributed by atoms with E-state index in [1.54, 1.807) is 11.8 Å². The van der Waals surface area contributed by atoms with Gasteiger partial charge in [0.25, 0.3) is 0 Å². The highest BCUT2D eigenvalue weighted by Crippen LogP contribution is 2.31. The van der Waals surface area contributed by atoms with Crippen molar-refractivity contribution in [3.05, 3.63) is 48.0 Å². The molecule has 1 heterocycles. The second kappa shape index (κ2) is 6.75. The largest absolute Gasteiger partial charge is 0.486 e. The average Bonchev–Trinajstić information content (AvgIpc) is 2.55. The highest BCUT2D eigenvalue weighted by Gasteiger charge is 2.13. The summed E-state index contributed by atoms with van der Waals surface area (Å²) in [5.74, 6) is 1.40. The zero-order valence-corrected chi connectivity index (χ0v) is 13.1. The fraction of sp³-hybridized carbons (Fsp3) is 0.235. The van der Waals surface area contributed by atoms with Gasteiger partial charge in [0.05, 0.1) is 12.1 Å².